The largest absolute Gasteiger partial charge is 0.387 e. The van der Waals surface area contributed by atoms with Crippen LogP contribution in [-0.2, 0) is 14.3 Å². The van der Waals surface area contributed by atoms with Crippen LogP contribution in [0.25, 0.3) is 0 Å². The van der Waals surface area contributed by atoms with Crippen molar-refractivity contribution in [3.63, 3.8) is 0 Å². The molecule has 6 heteroatoms. The molecule has 4 bridgehead atoms. The average Bonchev–Trinajstić information content (AvgIpc) is 2.72. The molecule has 0 aromatic heterocycles. The van der Waals surface area contributed by atoms with E-state index in [4.69, 9.17) is 4.74 Å². The summed E-state index contributed by atoms with van der Waals surface area (Å²) in [7, 11) is 0. The second-order valence-corrected chi connectivity index (χ2v) is 9.95. The van der Waals surface area contributed by atoms with Gasteiger partial charge in [0.1, 0.15) is 11.7 Å². The minimum atomic E-state index is -2.07. The number of ketones is 2. The van der Waals surface area contributed by atoms with Crippen molar-refractivity contribution < 1.29 is 29.6 Å². The molecule has 0 amide bonds. The zero-order valence-corrected chi connectivity index (χ0v) is 15.4. The molecule has 2 saturated heterocycles. The highest BCUT2D eigenvalue weighted by molar-refractivity contribution is 6.02. The molecular weight excluding hydrogens is 336 g/mol. The minimum absolute atomic E-state index is 0.00430. The van der Waals surface area contributed by atoms with Gasteiger partial charge in [0.05, 0.1) is 17.4 Å². The lowest BCUT2D eigenvalue weighted by Crippen LogP contribution is -2.82. The Morgan fingerprint density at radius 2 is 1.85 bits per heavy atom. The second-order valence-electron chi connectivity index (χ2n) is 9.95. The van der Waals surface area contributed by atoms with E-state index in [-0.39, 0.29) is 24.7 Å². The van der Waals surface area contributed by atoms with Crippen molar-refractivity contribution in [1.82, 2.24) is 0 Å². The molecule has 5 fully saturated rings. The van der Waals surface area contributed by atoms with Crippen molar-refractivity contribution in [3.8, 4) is 0 Å². The standard InChI is InChI=1S/C20H26O6/c1-16(2)7-6-12(21)18-9-26-20(25,14(22)13(16)18)19-8-10(4-5-11(18)19)17(3,24)15(19)23/h6-7,10-11,13-14,22,24-25H,4-5,8-9H2,1-3H3/t10-,11+,13-,14+,17-,18-,19+,20+/m1/s1. The van der Waals surface area contributed by atoms with E-state index in [0.29, 0.717) is 12.8 Å². The normalized spacial score (nSPS) is 59.3. The van der Waals surface area contributed by atoms with Crippen LogP contribution in [0.5, 0.6) is 0 Å². The number of fused-ring (bicyclic) bond motifs is 2. The van der Waals surface area contributed by atoms with Crippen LogP contribution in [0.15, 0.2) is 12.2 Å². The highest BCUT2D eigenvalue weighted by atomic mass is 16.6. The van der Waals surface area contributed by atoms with Gasteiger partial charge >= 0.3 is 0 Å². The summed E-state index contributed by atoms with van der Waals surface area (Å²) in [6, 6.07) is 0. The van der Waals surface area contributed by atoms with Crippen LogP contribution >= 0.6 is 0 Å². The molecule has 3 saturated carbocycles. The van der Waals surface area contributed by atoms with Gasteiger partial charge in [0.25, 0.3) is 0 Å². The number of rotatable bonds is 0. The van der Waals surface area contributed by atoms with E-state index in [0.717, 1.165) is 0 Å². The maximum atomic E-state index is 13.4. The quantitative estimate of drug-likeness (QED) is 0.582. The van der Waals surface area contributed by atoms with E-state index in [2.05, 4.69) is 0 Å². The molecule has 0 unspecified atom stereocenters. The summed E-state index contributed by atoms with van der Waals surface area (Å²) < 4.78 is 5.77. The molecule has 6 aliphatic rings. The van der Waals surface area contributed by atoms with E-state index >= 15 is 0 Å². The number of hydrogen-bond acceptors (Lipinski definition) is 6. The number of aliphatic hydroxyl groups is 3. The topological polar surface area (TPSA) is 104 Å². The number of carbonyl (C=O) groups is 2. The lowest BCUT2D eigenvalue weighted by Gasteiger charge is -2.71. The number of allylic oxidation sites excluding steroid dienone is 2. The fourth-order valence-electron chi connectivity index (χ4n) is 7.51. The van der Waals surface area contributed by atoms with E-state index in [1.807, 2.05) is 13.8 Å². The summed E-state index contributed by atoms with van der Waals surface area (Å²) >= 11 is 0. The molecule has 0 aromatic carbocycles. The summed E-state index contributed by atoms with van der Waals surface area (Å²) in [5, 5.41) is 33.7. The molecular formula is C20H26O6. The molecule has 4 aliphatic carbocycles. The maximum Gasteiger partial charge on any atom is 0.205 e. The number of carbonyl (C=O) groups excluding carboxylic acids is 2. The van der Waals surface area contributed by atoms with E-state index < -0.39 is 51.4 Å². The first-order valence-corrected chi connectivity index (χ1v) is 9.51. The van der Waals surface area contributed by atoms with Crippen molar-refractivity contribution >= 4 is 11.6 Å². The predicted octanol–water partition coefficient (Wildman–Crippen LogP) is 0.584. The molecule has 142 valence electrons. The summed E-state index contributed by atoms with van der Waals surface area (Å²) in [5.41, 5.74) is -4.55. The van der Waals surface area contributed by atoms with Crippen LogP contribution in [0, 0.1) is 34.0 Å². The average molecular weight is 362 g/mol. The van der Waals surface area contributed by atoms with E-state index in [1.165, 1.54) is 6.92 Å². The molecule has 3 N–H and O–H groups in total. The smallest absolute Gasteiger partial charge is 0.205 e. The minimum Gasteiger partial charge on any atom is -0.387 e. The zero-order valence-electron chi connectivity index (χ0n) is 15.4. The Labute approximate surface area is 152 Å². The fraction of sp³-hybridized carbons (Fsp3) is 0.800. The third kappa shape index (κ3) is 1.39. The first kappa shape index (κ1) is 17.0. The molecule has 2 spiro atoms. The Hall–Kier alpha value is -1.08. The summed E-state index contributed by atoms with van der Waals surface area (Å²) in [6.45, 7) is 5.39. The van der Waals surface area contributed by atoms with Gasteiger partial charge < -0.3 is 20.1 Å². The van der Waals surface area contributed by atoms with E-state index in [1.54, 1.807) is 12.2 Å². The van der Waals surface area contributed by atoms with Crippen LogP contribution < -0.4 is 0 Å². The van der Waals surface area contributed by atoms with Crippen molar-refractivity contribution in [3.05, 3.63) is 12.2 Å². The first-order chi connectivity index (χ1) is 12.0. The predicted molar refractivity (Wildman–Crippen MR) is 89.7 cm³/mol. The van der Waals surface area contributed by atoms with Crippen molar-refractivity contribution in [2.45, 2.75) is 57.5 Å². The van der Waals surface area contributed by atoms with Crippen LogP contribution in [0.2, 0.25) is 0 Å². The second kappa shape index (κ2) is 4.32. The van der Waals surface area contributed by atoms with Gasteiger partial charge in [-0.05, 0) is 49.5 Å². The van der Waals surface area contributed by atoms with Crippen LogP contribution in [0.1, 0.15) is 40.0 Å². The Balaban J connectivity index is 1.81. The van der Waals surface area contributed by atoms with Gasteiger partial charge in [0.15, 0.2) is 11.6 Å². The molecule has 0 radical (unpaired) electrons. The van der Waals surface area contributed by atoms with Gasteiger partial charge in [0.2, 0.25) is 5.79 Å². The van der Waals surface area contributed by atoms with Gasteiger partial charge in [-0.2, -0.15) is 0 Å². The SMILES string of the molecule is CC1(C)C=CC(=O)[C@]23CO[C@@](O)([C@@H](O)[C@H]12)[C@@]12C[C@@H](CC[C@@H]31)[C@@](C)(O)C2=O. The summed E-state index contributed by atoms with van der Waals surface area (Å²) in [4.78, 5) is 26.6. The van der Waals surface area contributed by atoms with Crippen LogP contribution in [0.3, 0.4) is 0 Å². The van der Waals surface area contributed by atoms with Crippen molar-refractivity contribution in [2.24, 2.45) is 34.0 Å². The number of aliphatic hydroxyl groups excluding tert-OH is 1. The van der Waals surface area contributed by atoms with Crippen molar-refractivity contribution in [1.29, 1.82) is 0 Å². The maximum absolute atomic E-state index is 13.4. The Morgan fingerprint density at radius 1 is 1.15 bits per heavy atom. The zero-order chi connectivity index (χ0) is 18.9. The molecule has 2 heterocycles. The summed E-state index contributed by atoms with van der Waals surface area (Å²) in [5.74, 6) is -3.93. The molecule has 0 aromatic rings. The third-order valence-corrected chi connectivity index (χ3v) is 8.62. The Kier molecular flexibility index (Phi) is 2.83. The van der Waals surface area contributed by atoms with Crippen LogP contribution in [0.4, 0.5) is 0 Å². The Bertz CT molecular complexity index is 768. The molecule has 8 atom stereocenters. The lowest BCUT2D eigenvalue weighted by atomic mass is 9.37. The molecule has 2 aliphatic heterocycles. The number of Topliss-reactive ketones (excluding diaryl/α,β-unsaturated/α-hetero) is 1. The molecule has 6 rings (SSSR count). The van der Waals surface area contributed by atoms with Gasteiger partial charge in [-0.3, -0.25) is 9.59 Å². The summed E-state index contributed by atoms with van der Waals surface area (Å²) in [6.07, 6.45) is 3.43. The van der Waals surface area contributed by atoms with Gasteiger partial charge in [-0.25, -0.2) is 0 Å². The molecule has 26 heavy (non-hydrogen) atoms. The number of ether oxygens (including phenoxy) is 1. The van der Waals surface area contributed by atoms with Gasteiger partial charge in [-0.1, -0.05) is 19.9 Å². The van der Waals surface area contributed by atoms with Gasteiger partial charge in [0, 0.05) is 5.92 Å². The lowest BCUT2D eigenvalue weighted by molar-refractivity contribution is -0.422. The van der Waals surface area contributed by atoms with Crippen LogP contribution in [-0.4, -0.2) is 51.0 Å². The molecule has 6 nitrogen and oxygen atoms in total. The number of hydrogen-bond donors (Lipinski definition) is 3. The highest BCUT2D eigenvalue weighted by Gasteiger charge is 2.86. The highest BCUT2D eigenvalue weighted by Crippen LogP contribution is 2.75. The Morgan fingerprint density at radius 3 is 2.54 bits per heavy atom. The van der Waals surface area contributed by atoms with Gasteiger partial charge in [-0.15, -0.1) is 0 Å². The van der Waals surface area contributed by atoms with Crippen molar-refractivity contribution in [2.75, 3.05) is 6.61 Å². The van der Waals surface area contributed by atoms with E-state index in [9.17, 15) is 24.9 Å². The fourth-order valence-corrected chi connectivity index (χ4v) is 7.51. The first-order valence-electron chi connectivity index (χ1n) is 9.51. The third-order valence-electron chi connectivity index (χ3n) is 8.62. The monoisotopic (exact) mass is 362 g/mol.